The number of carbonyl (C=O) groups excluding carboxylic acids is 5. The first kappa shape index (κ1) is 58.3. The Morgan fingerprint density at radius 3 is 1.94 bits per heavy atom. The van der Waals surface area contributed by atoms with Gasteiger partial charge in [-0.05, 0) is 128 Å². The first-order valence-electron chi connectivity index (χ1n) is 24.1. The first-order chi connectivity index (χ1) is 32.1. The predicted octanol–water partition coefficient (Wildman–Crippen LogP) is 1.57. The van der Waals surface area contributed by atoms with Gasteiger partial charge < -0.3 is 90.4 Å². The molecule has 23 heteroatoms. The molecule has 23 nitrogen and oxygen atoms in total. The number of rotatable bonds is 14. The number of likely N-dealkylation sites (N-methyl/N-ethyl adjacent to an activating group) is 1. The molecule has 4 rings (SSSR count). The van der Waals surface area contributed by atoms with Crippen molar-refractivity contribution in [2.75, 3.05) is 46.4 Å². The Morgan fingerprint density at radius 1 is 0.843 bits per heavy atom. The van der Waals surface area contributed by atoms with Gasteiger partial charge in [0.15, 0.2) is 6.29 Å². The Bertz CT molecular complexity index is 1840. The fourth-order valence-corrected chi connectivity index (χ4v) is 8.80. The third kappa shape index (κ3) is 16.7. The van der Waals surface area contributed by atoms with Crippen LogP contribution in [0.15, 0.2) is 11.8 Å². The second kappa shape index (κ2) is 23.1. The molecular weight excluding hydrogens is 919 g/mol. The van der Waals surface area contributed by atoms with Crippen molar-refractivity contribution >= 4 is 30.3 Å². The fourth-order valence-electron chi connectivity index (χ4n) is 8.80. The lowest BCUT2D eigenvalue weighted by atomic mass is 9.72. The van der Waals surface area contributed by atoms with Gasteiger partial charge in [0.25, 0.3) is 0 Å². The molecule has 0 aromatic heterocycles. The van der Waals surface area contributed by atoms with E-state index in [0.717, 1.165) is 4.90 Å². The second-order valence-corrected chi connectivity index (χ2v) is 23.0. The maximum Gasteiger partial charge on any atom is 0.410 e. The summed E-state index contributed by atoms with van der Waals surface area (Å²) in [4.78, 5) is 69.8. The highest BCUT2D eigenvalue weighted by Gasteiger charge is 2.57. The number of ether oxygens (including phenoxy) is 7. The number of amides is 5. The van der Waals surface area contributed by atoms with Crippen LogP contribution in [0.1, 0.15) is 109 Å². The molecule has 3 fully saturated rings. The number of likely N-dealkylation sites (tertiary alicyclic amines) is 1. The van der Waals surface area contributed by atoms with E-state index in [4.69, 9.17) is 38.9 Å². The van der Waals surface area contributed by atoms with Gasteiger partial charge in [0.05, 0.1) is 37.4 Å². The monoisotopic (exact) mass is 1000 g/mol. The molecule has 12 atom stereocenters. The van der Waals surface area contributed by atoms with E-state index in [2.05, 4.69) is 21.3 Å². The number of aliphatic hydroxyl groups is 4. The van der Waals surface area contributed by atoms with E-state index >= 15 is 0 Å². The van der Waals surface area contributed by atoms with Gasteiger partial charge in [-0.3, -0.25) is 4.79 Å². The van der Waals surface area contributed by atoms with Gasteiger partial charge in [0.2, 0.25) is 5.91 Å². The molecule has 3 heterocycles. The smallest absolute Gasteiger partial charge is 0.410 e. The number of aliphatic hydroxyl groups excluding tert-OH is 3. The highest BCUT2D eigenvalue weighted by atomic mass is 16.7. The largest absolute Gasteiger partial charge is 0.491 e. The third-order valence-corrected chi connectivity index (χ3v) is 11.8. The standard InChI is InChI=1S/C47H83N7O16/c1-43(2,3)67-39(59)51-27-17-16-26(21-49-19-15-18-48)65-34(27)30-28(52-40(60)68-44(4,5)6)20-29(50-37(58)31(55)25-22-54(23-25)42(62)70-46(10,11)12)35(32(30)56)66-38-33(57)36(47(13,63)24-64-38)53(14)41(61)69-45(7,8)9/h16,25,27-36,38,49,55-57,63H,15,17-24,48H2,1-14H3,(H,50,58)(H,51,59)(H,52,60)/t27-,28+,29-,30-,31?,32+,33-,34?,35+,36-,38-,47+/m1/s1. The first-order valence-corrected chi connectivity index (χ1v) is 24.1. The Hall–Kier alpha value is -4.23. The molecule has 70 heavy (non-hydrogen) atoms. The molecule has 0 bridgehead atoms. The highest BCUT2D eigenvalue weighted by Crippen LogP contribution is 2.39. The lowest BCUT2D eigenvalue weighted by Gasteiger charge is -2.52. The summed E-state index contributed by atoms with van der Waals surface area (Å²) in [6, 6.07) is -4.71. The lowest BCUT2D eigenvalue weighted by Crippen LogP contribution is -2.71. The Balaban J connectivity index is 1.79. The van der Waals surface area contributed by atoms with Crippen LogP contribution in [-0.2, 0) is 38.0 Å². The van der Waals surface area contributed by atoms with Gasteiger partial charge >= 0.3 is 24.4 Å². The molecular formula is C47H83N7O16. The number of hydrogen-bond acceptors (Lipinski definition) is 18. The van der Waals surface area contributed by atoms with Crippen molar-refractivity contribution in [1.82, 2.24) is 31.1 Å². The topological polar surface area (TPSA) is 312 Å². The van der Waals surface area contributed by atoms with E-state index < -0.39 is 138 Å². The Morgan fingerprint density at radius 2 is 1.40 bits per heavy atom. The van der Waals surface area contributed by atoms with Gasteiger partial charge in [-0.1, -0.05) is 0 Å². The molecule has 5 amide bonds. The lowest BCUT2D eigenvalue weighted by molar-refractivity contribution is -0.306. The summed E-state index contributed by atoms with van der Waals surface area (Å²) < 4.78 is 41.4. The number of nitrogens with one attached hydrogen (secondary N) is 4. The zero-order chi connectivity index (χ0) is 52.9. The highest BCUT2D eigenvalue weighted by molar-refractivity contribution is 5.82. The summed E-state index contributed by atoms with van der Waals surface area (Å²) >= 11 is 0. The minimum Gasteiger partial charge on any atom is -0.491 e. The van der Waals surface area contributed by atoms with Gasteiger partial charge in [0.1, 0.15) is 58.2 Å². The van der Waals surface area contributed by atoms with Gasteiger partial charge in [-0.25, -0.2) is 19.2 Å². The van der Waals surface area contributed by atoms with Crippen LogP contribution in [0.3, 0.4) is 0 Å². The normalized spacial score (nSPS) is 30.3. The van der Waals surface area contributed by atoms with Gasteiger partial charge in [-0.2, -0.15) is 0 Å². The maximum atomic E-state index is 14.1. The summed E-state index contributed by atoms with van der Waals surface area (Å²) in [7, 11) is 1.33. The number of nitrogens with zero attached hydrogens (tertiary/aromatic N) is 2. The van der Waals surface area contributed by atoms with Crippen LogP contribution in [0, 0.1) is 11.8 Å². The molecule has 0 radical (unpaired) electrons. The number of hydrogen-bond donors (Lipinski definition) is 9. The van der Waals surface area contributed by atoms with E-state index in [9.17, 15) is 44.4 Å². The van der Waals surface area contributed by atoms with Crippen molar-refractivity contribution in [3.05, 3.63) is 11.8 Å². The zero-order valence-corrected chi connectivity index (χ0v) is 43.5. The van der Waals surface area contributed by atoms with E-state index in [1.165, 1.54) is 18.9 Å². The molecule has 10 N–H and O–H groups in total. The molecule has 1 aliphatic carbocycles. The van der Waals surface area contributed by atoms with Crippen molar-refractivity contribution in [3.8, 4) is 0 Å². The molecule has 4 aliphatic rings. The number of nitrogens with two attached hydrogens (primary N) is 1. The summed E-state index contributed by atoms with van der Waals surface area (Å²) in [5.74, 6) is -2.37. The van der Waals surface area contributed by atoms with Gasteiger partial charge in [0, 0.05) is 38.0 Å². The van der Waals surface area contributed by atoms with Crippen LogP contribution >= 0.6 is 0 Å². The van der Waals surface area contributed by atoms with Gasteiger partial charge in [-0.15, -0.1) is 0 Å². The molecule has 3 aliphatic heterocycles. The number of carbonyl (C=O) groups is 5. The fraction of sp³-hybridized carbons (Fsp3) is 0.851. The molecule has 1 saturated carbocycles. The minimum atomic E-state index is -1.85. The maximum absolute atomic E-state index is 14.1. The van der Waals surface area contributed by atoms with E-state index in [0.29, 0.717) is 25.3 Å². The summed E-state index contributed by atoms with van der Waals surface area (Å²) in [6.45, 7) is 22.3. The van der Waals surface area contributed by atoms with E-state index in [1.807, 2.05) is 0 Å². The molecule has 2 unspecified atom stereocenters. The predicted molar refractivity (Wildman–Crippen MR) is 253 cm³/mol. The van der Waals surface area contributed by atoms with E-state index in [-0.39, 0.29) is 32.5 Å². The second-order valence-electron chi connectivity index (χ2n) is 23.0. The molecule has 2 saturated heterocycles. The molecule has 0 aromatic rings. The Kier molecular flexibility index (Phi) is 19.3. The summed E-state index contributed by atoms with van der Waals surface area (Å²) in [6.07, 6.45) is -10.4. The molecule has 0 spiro atoms. The van der Waals surface area contributed by atoms with E-state index in [1.54, 1.807) is 89.2 Å². The average Bonchev–Trinajstić information content (AvgIpc) is 3.15. The van der Waals surface area contributed by atoms with Crippen LogP contribution in [0.4, 0.5) is 19.2 Å². The van der Waals surface area contributed by atoms with Crippen LogP contribution in [0.25, 0.3) is 0 Å². The van der Waals surface area contributed by atoms with Crippen LogP contribution in [-0.4, -0.2) is 196 Å². The quantitative estimate of drug-likeness (QED) is 0.0881. The van der Waals surface area contributed by atoms with Crippen molar-refractivity contribution in [2.45, 2.75) is 198 Å². The zero-order valence-electron chi connectivity index (χ0n) is 43.5. The van der Waals surface area contributed by atoms with Crippen molar-refractivity contribution < 1.29 is 77.6 Å². The van der Waals surface area contributed by atoms with Crippen molar-refractivity contribution in [1.29, 1.82) is 0 Å². The van der Waals surface area contributed by atoms with Crippen molar-refractivity contribution in [3.63, 3.8) is 0 Å². The van der Waals surface area contributed by atoms with Crippen LogP contribution < -0.4 is 27.0 Å². The summed E-state index contributed by atoms with van der Waals surface area (Å²) in [5, 5.41) is 59.7. The minimum absolute atomic E-state index is 0.00179. The third-order valence-electron chi connectivity index (χ3n) is 11.8. The number of alkyl carbamates (subject to hydrolysis) is 2. The van der Waals surface area contributed by atoms with Crippen molar-refractivity contribution in [2.24, 2.45) is 17.6 Å². The molecule has 0 aromatic carbocycles. The Labute approximate surface area is 412 Å². The van der Waals surface area contributed by atoms with Crippen LogP contribution in [0.5, 0.6) is 0 Å². The van der Waals surface area contributed by atoms with Crippen LogP contribution in [0.2, 0.25) is 0 Å². The average molecular weight is 1000 g/mol. The summed E-state index contributed by atoms with van der Waals surface area (Å²) in [5.41, 5.74) is 0.282. The SMILES string of the molecule is CN(C(=O)OC(C)(C)C)[C@@H]1[C@@H](O)[C@@H](O[C@@H]2[C@@H](O)[C@H](C3OC(CNCCCN)=CC[C@H]3NC(=O)OC(C)(C)C)[C@@H](NC(=O)OC(C)(C)C)C[C@H]2NC(=O)C(O)C2CN(C(=O)OC(C)(C)C)C2)OC[C@]1(C)O. The molecule has 402 valence electrons.